The molecule has 0 spiro atoms. The van der Waals surface area contributed by atoms with E-state index in [9.17, 15) is 0 Å². The molecule has 0 aliphatic rings. The van der Waals surface area contributed by atoms with Gasteiger partial charge in [-0.1, -0.05) is 22.9 Å². The first-order chi connectivity index (χ1) is 8.71. The first-order valence-corrected chi connectivity index (χ1v) is 7.31. The molecular weight excluding hydrogens is 292 g/mol. The van der Waals surface area contributed by atoms with E-state index in [1.165, 1.54) is 5.56 Å². The Morgan fingerprint density at radius 1 is 1.28 bits per heavy atom. The highest BCUT2D eigenvalue weighted by molar-refractivity contribution is 9.10. The number of ether oxygens (including phenoxy) is 1. The third kappa shape index (κ3) is 4.96. The van der Waals surface area contributed by atoms with Gasteiger partial charge < -0.3 is 16.2 Å². The van der Waals surface area contributed by atoms with Crippen LogP contribution in [0.2, 0.25) is 0 Å². The number of halogens is 1. The number of benzene rings is 1. The van der Waals surface area contributed by atoms with Crippen LogP contribution >= 0.6 is 15.9 Å². The highest BCUT2D eigenvalue weighted by Crippen LogP contribution is 2.25. The first kappa shape index (κ1) is 15.5. The smallest absolute Gasteiger partial charge is 0.122 e. The van der Waals surface area contributed by atoms with Gasteiger partial charge in [0.1, 0.15) is 5.75 Å². The Morgan fingerprint density at radius 3 is 2.61 bits per heavy atom. The summed E-state index contributed by atoms with van der Waals surface area (Å²) in [5.74, 6) is 1.37. The van der Waals surface area contributed by atoms with Crippen molar-refractivity contribution in [3.8, 4) is 5.75 Å². The molecule has 0 unspecified atom stereocenters. The lowest BCUT2D eigenvalue weighted by atomic mass is 9.99. The summed E-state index contributed by atoms with van der Waals surface area (Å²) in [5.41, 5.74) is 12.6. The van der Waals surface area contributed by atoms with Gasteiger partial charge in [-0.3, -0.25) is 0 Å². The van der Waals surface area contributed by atoms with Crippen molar-refractivity contribution in [3.05, 3.63) is 28.2 Å². The van der Waals surface area contributed by atoms with Crippen LogP contribution in [0, 0.1) is 5.92 Å². The van der Waals surface area contributed by atoms with Crippen molar-refractivity contribution in [1.82, 2.24) is 0 Å². The van der Waals surface area contributed by atoms with Gasteiger partial charge in [0, 0.05) is 4.47 Å². The van der Waals surface area contributed by atoms with E-state index in [-0.39, 0.29) is 0 Å². The van der Waals surface area contributed by atoms with Crippen LogP contribution in [-0.2, 0) is 6.42 Å². The Hall–Kier alpha value is -0.580. The fourth-order valence-corrected chi connectivity index (χ4v) is 2.20. The maximum absolute atomic E-state index is 5.76. The van der Waals surface area contributed by atoms with Gasteiger partial charge in [-0.2, -0.15) is 0 Å². The number of aryl methyl sites for hydroxylation is 1. The van der Waals surface area contributed by atoms with Crippen LogP contribution in [0.5, 0.6) is 5.75 Å². The van der Waals surface area contributed by atoms with Crippen molar-refractivity contribution in [2.24, 2.45) is 17.4 Å². The van der Waals surface area contributed by atoms with Gasteiger partial charge in [0.15, 0.2) is 0 Å². The van der Waals surface area contributed by atoms with E-state index in [0.29, 0.717) is 19.0 Å². The second-order valence-electron chi connectivity index (χ2n) is 4.48. The van der Waals surface area contributed by atoms with E-state index in [4.69, 9.17) is 16.2 Å². The SMILES string of the molecule is CCCOc1ccc(Br)cc1CCC(CN)CN. The zero-order chi connectivity index (χ0) is 13.4. The Kier molecular flexibility index (Phi) is 7.32. The lowest BCUT2D eigenvalue weighted by Gasteiger charge is -2.15. The number of rotatable bonds is 8. The molecule has 4 heteroatoms. The van der Waals surface area contributed by atoms with Crippen LogP contribution in [0.4, 0.5) is 0 Å². The fourth-order valence-electron chi connectivity index (χ4n) is 1.79. The van der Waals surface area contributed by atoms with E-state index in [1.54, 1.807) is 0 Å². The Bertz CT molecular complexity index is 354. The molecule has 0 heterocycles. The summed E-state index contributed by atoms with van der Waals surface area (Å²) < 4.78 is 6.84. The molecule has 102 valence electrons. The number of nitrogens with two attached hydrogens (primary N) is 2. The van der Waals surface area contributed by atoms with Crippen molar-refractivity contribution in [3.63, 3.8) is 0 Å². The van der Waals surface area contributed by atoms with Crippen molar-refractivity contribution < 1.29 is 4.74 Å². The summed E-state index contributed by atoms with van der Waals surface area (Å²) in [4.78, 5) is 0. The van der Waals surface area contributed by atoms with Crippen LogP contribution in [0.3, 0.4) is 0 Å². The minimum absolute atomic E-state index is 0.392. The van der Waals surface area contributed by atoms with Gasteiger partial charge in [0.25, 0.3) is 0 Å². The molecule has 0 saturated heterocycles. The molecule has 0 amide bonds. The fraction of sp³-hybridized carbons (Fsp3) is 0.571. The second kappa shape index (κ2) is 8.51. The van der Waals surface area contributed by atoms with Crippen molar-refractivity contribution in [2.45, 2.75) is 26.2 Å². The molecule has 3 nitrogen and oxygen atoms in total. The molecule has 0 saturated carbocycles. The molecule has 0 radical (unpaired) electrons. The lowest BCUT2D eigenvalue weighted by molar-refractivity contribution is 0.313. The van der Waals surface area contributed by atoms with E-state index < -0.39 is 0 Å². The van der Waals surface area contributed by atoms with Crippen LogP contribution < -0.4 is 16.2 Å². The van der Waals surface area contributed by atoms with Crippen LogP contribution in [-0.4, -0.2) is 19.7 Å². The normalized spacial score (nSPS) is 10.9. The highest BCUT2D eigenvalue weighted by atomic mass is 79.9. The average molecular weight is 315 g/mol. The third-order valence-corrected chi connectivity index (χ3v) is 3.47. The first-order valence-electron chi connectivity index (χ1n) is 6.52. The zero-order valence-corrected chi connectivity index (χ0v) is 12.6. The zero-order valence-electron chi connectivity index (χ0n) is 11.0. The third-order valence-electron chi connectivity index (χ3n) is 2.97. The van der Waals surface area contributed by atoms with Crippen molar-refractivity contribution >= 4 is 15.9 Å². The monoisotopic (exact) mass is 314 g/mol. The molecule has 4 N–H and O–H groups in total. The quantitative estimate of drug-likeness (QED) is 0.775. The summed E-state index contributed by atoms with van der Waals surface area (Å²) in [6, 6.07) is 6.15. The summed E-state index contributed by atoms with van der Waals surface area (Å²) >= 11 is 3.50. The number of hydrogen-bond acceptors (Lipinski definition) is 3. The van der Waals surface area contributed by atoms with Gasteiger partial charge in [0.05, 0.1) is 6.61 Å². The van der Waals surface area contributed by atoms with Gasteiger partial charge in [-0.05, 0) is 62.0 Å². The van der Waals surface area contributed by atoms with Gasteiger partial charge in [-0.15, -0.1) is 0 Å². The topological polar surface area (TPSA) is 61.3 Å². The van der Waals surface area contributed by atoms with E-state index in [1.807, 2.05) is 12.1 Å². The summed E-state index contributed by atoms with van der Waals surface area (Å²) in [5, 5.41) is 0. The molecule has 1 rings (SSSR count). The van der Waals surface area contributed by atoms with E-state index in [2.05, 4.69) is 28.9 Å². The molecular formula is C14H23BrN2O. The van der Waals surface area contributed by atoms with Gasteiger partial charge in [-0.25, -0.2) is 0 Å². The van der Waals surface area contributed by atoms with Crippen molar-refractivity contribution in [1.29, 1.82) is 0 Å². The molecule has 0 aromatic heterocycles. The Balaban J connectivity index is 2.68. The molecule has 0 atom stereocenters. The summed E-state index contributed by atoms with van der Waals surface area (Å²) in [7, 11) is 0. The molecule has 1 aromatic carbocycles. The maximum atomic E-state index is 5.76. The predicted molar refractivity (Wildman–Crippen MR) is 79.8 cm³/mol. The molecule has 0 aliphatic heterocycles. The van der Waals surface area contributed by atoms with Crippen LogP contribution in [0.25, 0.3) is 0 Å². The standard InChI is InChI=1S/C14H23BrN2O/c1-2-7-18-14-6-5-13(15)8-12(14)4-3-11(9-16)10-17/h5-6,8,11H,2-4,7,9-10,16-17H2,1H3. The molecule has 0 fully saturated rings. The van der Waals surface area contributed by atoms with E-state index >= 15 is 0 Å². The lowest BCUT2D eigenvalue weighted by Crippen LogP contribution is -2.23. The minimum atomic E-state index is 0.392. The highest BCUT2D eigenvalue weighted by Gasteiger charge is 2.09. The predicted octanol–water partition coefficient (Wildman–Crippen LogP) is 2.70. The summed E-state index contributed by atoms with van der Waals surface area (Å²) in [6.45, 7) is 4.16. The largest absolute Gasteiger partial charge is 0.493 e. The minimum Gasteiger partial charge on any atom is -0.493 e. The van der Waals surface area contributed by atoms with Gasteiger partial charge >= 0.3 is 0 Å². The summed E-state index contributed by atoms with van der Waals surface area (Å²) in [6.07, 6.45) is 2.98. The second-order valence-corrected chi connectivity index (χ2v) is 5.39. The van der Waals surface area contributed by atoms with Gasteiger partial charge in [0.2, 0.25) is 0 Å². The average Bonchev–Trinajstić information content (AvgIpc) is 2.39. The molecule has 1 aromatic rings. The molecule has 0 bridgehead atoms. The number of hydrogen-bond donors (Lipinski definition) is 2. The molecule has 0 aliphatic carbocycles. The van der Waals surface area contributed by atoms with Crippen LogP contribution in [0.1, 0.15) is 25.3 Å². The van der Waals surface area contributed by atoms with Crippen molar-refractivity contribution in [2.75, 3.05) is 19.7 Å². The van der Waals surface area contributed by atoms with Crippen LogP contribution in [0.15, 0.2) is 22.7 Å². The van der Waals surface area contributed by atoms with E-state index in [0.717, 1.165) is 36.1 Å². The maximum Gasteiger partial charge on any atom is 0.122 e. The molecule has 18 heavy (non-hydrogen) atoms. The Morgan fingerprint density at radius 2 is 2.00 bits per heavy atom. The Labute approximate surface area is 118 Å².